The van der Waals surface area contributed by atoms with Crippen molar-refractivity contribution in [2.45, 2.75) is 50.5 Å². The van der Waals surface area contributed by atoms with Crippen LogP contribution < -0.4 is 10.1 Å². The molecular weight excluding hydrogens is 304 g/mol. The van der Waals surface area contributed by atoms with Crippen LogP contribution in [0.25, 0.3) is 0 Å². The van der Waals surface area contributed by atoms with Gasteiger partial charge in [0.1, 0.15) is 5.75 Å². The van der Waals surface area contributed by atoms with Crippen molar-refractivity contribution >= 4 is 11.9 Å². The van der Waals surface area contributed by atoms with E-state index in [0.29, 0.717) is 25.3 Å². The van der Waals surface area contributed by atoms with E-state index in [1.165, 1.54) is 30.6 Å². The maximum absolute atomic E-state index is 13.1. The SMILES string of the molecule is O=C1N[C@@]2(CCOc3ccccc32)C(=O)N1CCCC1CCCC1. The van der Waals surface area contributed by atoms with Gasteiger partial charge in [0.25, 0.3) is 5.91 Å². The molecule has 1 aromatic carbocycles. The van der Waals surface area contributed by atoms with Crippen LogP contribution in [-0.2, 0) is 10.3 Å². The number of nitrogens with one attached hydrogen (secondary N) is 1. The molecule has 1 saturated heterocycles. The summed E-state index contributed by atoms with van der Waals surface area (Å²) in [6, 6.07) is 7.26. The van der Waals surface area contributed by atoms with Gasteiger partial charge in [-0.25, -0.2) is 4.79 Å². The quantitative estimate of drug-likeness (QED) is 0.864. The van der Waals surface area contributed by atoms with Crippen LogP contribution in [0, 0.1) is 5.92 Å². The first-order valence-electron chi connectivity index (χ1n) is 9.07. The van der Waals surface area contributed by atoms with Gasteiger partial charge < -0.3 is 10.1 Å². The number of urea groups is 1. The van der Waals surface area contributed by atoms with E-state index in [2.05, 4.69) is 5.32 Å². The number of nitrogens with zero attached hydrogens (tertiary/aromatic N) is 1. The molecule has 0 bridgehead atoms. The van der Waals surface area contributed by atoms with Crippen molar-refractivity contribution in [2.75, 3.05) is 13.2 Å². The molecule has 3 amide bonds. The monoisotopic (exact) mass is 328 g/mol. The number of fused-ring (bicyclic) bond motifs is 2. The van der Waals surface area contributed by atoms with E-state index in [9.17, 15) is 9.59 Å². The Morgan fingerprint density at radius 3 is 2.83 bits per heavy atom. The smallest absolute Gasteiger partial charge is 0.325 e. The third-order valence-corrected chi connectivity index (χ3v) is 5.73. The molecule has 2 heterocycles. The van der Waals surface area contributed by atoms with Crippen molar-refractivity contribution in [3.8, 4) is 5.75 Å². The average Bonchev–Trinajstić information content (AvgIpc) is 3.18. The summed E-state index contributed by atoms with van der Waals surface area (Å²) in [5.41, 5.74) is -0.146. The Morgan fingerprint density at radius 2 is 2.00 bits per heavy atom. The summed E-state index contributed by atoms with van der Waals surface area (Å²) < 4.78 is 5.66. The van der Waals surface area contributed by atoms with E-state index < -0.39 is 5.54 Å². The number of benzene rings is 1. The predicted octanol–water partition coefficient (Wildman–Crippen LogP) is 3.19. The van der Waals surface area contributed by atoms with Gasteiger partial charge in [0.2, 0.25) is 0 Å². The van der Waals surface area contributed by atoms with Crippen LogP contribution in [0.4, 0.5) is 4.79 Å². The first-order valence-corrected chi connectivity index (χ1v) is 9.07. The molecule has 0 unspecified atom stereocenters. The number of rotatable bonds is 4. The molecule has 2 fully saturated rings. The summed E-state index contributed by atoms with van der Waals surface area (Å²) in [4.78, 5) is 26.9. The van der Waals surface area contributed by atoms with Crippen molar-refractivity contribution < 1.29 is 14.3 Å². The number of para-hydroxylation sites is 1. The Balaban J connectivity index is 1.49. The first-order chi connectivity index (χ1) is 11.7. The van der Waals surface area contributed by atoms with Crippen molar-refractivity contribution in [1.82, 2.24) is 10.2 Å². The normalized spacial score (nSPS) is 26.6. The predicted molar refractivity (Wildman–Crippen MR) is 89.7 cm³/mol. The lowest BCUT2D eigenvalue weighted by atomic mass is 9.84. The van der Waals surface area contributed by atoms with Crippen LogP contribution in [0.1, 0.15) is 50.5 Å². The number of imide groups is 1. The fourth-order valence-electron chi connectivity index (χ4n) is 4.41. The minimum atomic E-state index is -0.931. The number of amides is 3. The highest BCUT2D eigenvalue weighted by atomic mass is 16.5. The standard InChI is InChI=1S/C19H24N2O3/c22-17-19(11-13-24-16-10-4-3-9-15(16)19)20-18(23)21(17)12-5-8-14-6-1-2-7-14/h3-4,9-10,14H,1-2,5-8,11-13H2,(H,20,23)/t19-/m1/s1. The second-order valence-electron chi connectivity index (χ2n) is 7.18. The number of carbonyl (C=O) groups is 2. The molecule has 3 aliphatic rings. The van der Waals surface area contributed by atoms with Gasteiger partial charge in [0.05, 0.1) is 6.61 Å². The van der Waals surface area contributed by atoms with Gasteiger partial charge >= 0.3 is 6.03 Å². The largest absolute Gasteiger partial charge is 0.493 e. The lowest BCUT2D eigenvalue weighted by molar-refractivity contribution is -0.132. The molecule has 5 nitrogen and oxygen atoms in total. The van der Waals surface area contributed by atoms with Gasteiger partial charge in [-0.1, -0.05) is 43.9 Å². The van der Waals surface area contributed by atoms with E-state index in [0.717, 1.165) is 24.3 Å². The molecule has 1 aromatic rings. The summed E-state index contributed by atoms with van der Waals surface area (Å²) >= 11 is 0. The summed E-state index contributed by atoms with van der Waals surface area (Å²) in [5, 5.41) is 2.96. The zero-order chi connectivity index (χ0) is 16.6. The Kier molecular flexibility index (Phi) is 3.94. The van der Waals surface area contributed by atoms with Gasteiger partial charge in [0.15, 0.2) is 5.54 Å². The highest BCUT2D eigenvalue weighted by Crippen LogP contribution is 2.41. The van der Waals surface area contributed by atoms with Crippen LogP contribution >= 0.6 is 0 Å². The van der Waals surface area contributed by atoms with E-state index in [1.807, 2.05) is 24.3 Å². The summed E-state index contributed by atoms with van der Waals surface area (Å²) in [6.07, 6.45) is 7.76. The van der Waals surface area contributed by atoms with Crippen LogP contribution in [-0.4, -0.2) is 30.0 Å². The van der Waals surface area contributed by atoms with Gasteiger partial charge in [0, 0.05) is 18.5 Å². The minimum Gasteiger partial charge on any atom is -0.493 e. The van der Waals surface area contributed by atoms with Crippen molar-refractivity contribution in [3.63, 3.8) is 0 Å². The molecule has 24 heavy (non-hydrogen) atoms. The highest BCUT2D eigenvalue weighted by Gasteiger charge is 2.54. The molecule has 0 radical (unpaired) electrons. The lowest BCUT2D eigenvalue weighted by Gasteiger charge is -2.33. The molecule has 2 aliphatic heterocycles. The zero-order valence-corrected chi connectivity index (χ0v) is 13.9. The summed E-state index contributed by atoms with van der Waals surface area (Å²) in [6.45, 7) is 0.963. The molecule has 4 rings (SSSR count). The van der Waals surface area contributed by atoms with E-state index in [1.54, 1.807) is 0 Å². The molecular formula is C19H24N2O3. The fourth-order valence-corrected chi connectivity index (χ4v) is 4.41. The van der Waals surface area contributed by atoms with Gasteiger partial charge in [-0.15, -0.1) is 0 Å². The van der Waals surface area contributed by atoms with E-state index >= 15 is 0 Å². The van der Waals surface area contributed by atoms with Crippen molar-refractivity contribution in [2.24, 2.45) is 5.92 Å². The van der Waals surface area contributed by atoms with Gasteiger partial charge in [-0.2, -0.15) is 0 Å². The average molecular weight is 328 g/mol. The van der Waals surface area contributed by atoms with Gasteiger partial charge in [-0.3, -0.25) is 9.69 Å². The maximum Gasteiger partial charge on any atom is 0.325 e. The number of hydrogen-bond acceptors (Lipinski definition) is 3. The molecule has 128 valence electrons. The molecule has 1 aliphatic carbocycles. The highest BCUT2D eigenvalue weighted by molar-refractivity contribution is 6.07. The molecule has 1 spiro atoms. The minimum absolute atomic E-state index is 0.116. The van der Waals surface area contributed by atoms with E-state index in [4.69, 9.17) is 4.74 Å². The molecule has 0 aromatic heterocycles. The Morgan fingerprint density at radius 1 is 1.21 bits per heavy atom. The third kappa shape index (κ3) is 2.46. The van der Waals surface area contributed by atoms with E-state index in [-0.39, 0.29) is 11.9 Å². The molecule has 1 atom stereocenters. The molecule has 1 saturated carbocycles. The Bertz CT molecular complexity index is 654. The number of hydrogen-bond donors (Lipinski definition) is 1. The van der Waals surface area contributed by atoms with Crippen LogP contribution in [0.3, 0.4) is 0 Å². The number of carbonyl (C=O) groups excluding carboxylic acids is 2. The molecule has 5 heteroatoms. The van der Waals surface area contributed by atoms with Crippen LogP contribution in [0.5, 0.6) is 5.75 Å². The fraction of sp³-hybridized carbons (Fsp3) is 0.579. The number of ether oxygens (including phenoxy) is 1. The maximum atomic E-state index is 13.1. The third-order valence-electron chi connectivity index (χ3n) is 5.73. The van der Waals surface area contributed by atoms with Crippen molar-refractivity contribution in [1.29, 1.82) is 0 Å². The topological polar surface area (TPSA) is 58.6 Å². The lowest BCUT2D eigenvalue weighted by Crippen LogP contribution is -2.47. The summed E-state index contributed by atoms with van der Waals surface area (Å²) in [5.74, 6) is 1.36. The first kappa shape index (κ1) is 15.5. The summed E-state index contributed by atoms with van der Waals surface area (Å²) in [7, 11) is 0. The van der Waals surface area contributed by atoms with Crippen LogP contribution in [0.2, 0.25) is 0 Å². The zero-order valence-electron chi connectivity index (χ0n) is 13.9. The second-order valence-corrected chi connectivity index (χ2v) is 7.18. The Hall–Kier alpha value is -2.04. The molecule has 1 N–H and O–H groups in total. The second kappa shape index (κ2) is 6.11. The Labute approximate surface area is 142 Å². The van der Waals surface area contributed by atoms with Gasteiger partial charge in [-0.05, 0) is 24.8 Å². The van der Waals surface area contributed by atoms with Crippen LogP contribution in [0.15, 0.2) is 24.3 Å². The van der Waals surface area contributed by atoms with Crippen molar-refractivity contribution in [3.05, 3.63) is 29.8 Å².